The Morgan fingerprint density at radius 3 is 3.00 bits per heavy atom. The van der Waals surface area contributed by atoms with Crippen LogP contribution in [0.4, 0.5) is 5.82 Å². The van der Waals surface area contributed by atoms with Crippen molar-refractivity contribution in [1.29, 1.82) is 0 Å². The first-order valence-electron chi connectivity index (χ1n) is 3.85. The third kappa shape index (κ3) is 2.36. The molecule has 0 unspecified atom stereocenters. The van der Waals surface area contributed by atoms with Gasteiger partial charge in [0.15, 0.2) is 0 Å². The number of esters is 1. The molecule has 1 aromatic heterocycles. The van der Waals surface area contributed by atoms with Crippen LogP contribution in [0.5, 0.6) is 0 Å². The summed E-state index contributed by atoms with van der Waals surface area (Å²) in [5.74, 6) is -0.438. The van der Waals surface area contributed by atoms with E-state index in [1.165, 1.54) is 6.07 Å². The number of carbonyl (C=O) groups excluding carboxylic acids is 1. The van der Waals surface area contributed by atoms with Crippen LogP contribution in [0.25, 0.3) is 0 Å². The number of aromatic nitrogens is 1. The summed E-state index contributed by atoms with van der Waals surface area (Å²) in [7, 11) is 0. The highest BCUT2D eigenvalue weighted by Gasteiger charge is 2.14. The molecule has 0 radical (unpaired) electrons. The Kier molecular flexibility index (Phi) is 3.71. The molecule has 0 fully saturated rings. The van der Waals surface area contributed by atoms with Gasteiger partial charge in [-0.25, -0.2) is 9.78 Å². The van der Waals surface area contributed by atoms with E-state index in [1.54, 1.807) is 6.92 Å². The van der Waals surface area contributed by atoms with E-state index in [0.717, 1.165) is 0 Å². The van der Waals surface area contributed by atoms with Crippen LogP contribution in [-0.4, -0.2) is 17.6 Å². The van der Waals surface area contributed by atoms with Crippen molar-refractivity contribution in [2.24, 2.45) is 0 Å². The highest BCUT2D eigenvalue weighted by Crippen LogP contribution is 2.24. The standard InChI is InChI=1S/C8H8BrClN2O2/c1-2-14-8(13)4-3-5(9)6(10)12-7(4)11/h3H,2H2,1H3,(H2,11,12). The average molecular weight is 280 g/mol. The van der Waals surface area contributed by atoms with E-state index in [1.807, 2.05) is 0 Å². The summed E-state index contributed by atoms with van der Waals surface area (Å²) in [5.41, 5.74) is 5.72. The summed E-state index contributed by atoms with van der Waals surface area (Å²) < 4.78 is 5.29. The second-order valence-electron chi connectivity index (χ2n) is 2.41. The molecule has 2 N–H and O–H groups in total. The first kappa shape index (κ1) is 11.3. The first-order valence-corrected chi connectivity index (χ1v) is 5.02. The van der Waals surface area contributed by atoms with E-state index in [-0.39, 0.29) is 16.5 Å². The minimum atomic E-state index is -0.505. The Balaban J connectivity index is 3.09. The Morgan fingerprint density at radius 2 is 2.43 bits per heavy atom. The molecule has 1 heterocycles. The number of rotatable bonds is 2. The van der Waals surface area contributed by atoms with Crippen molar-refractivity contribution in [1.82, 2.24) is 4.98 Å². The summed E-state index contributed by atoms with van der Waals surface area (Å²) in [5, 5.41) is 0.218. The zero-order valence-electron chi connectivity index (χ0n) is 7.38. The largest absolute Gasteiger partial charge is 0.462 e. The summed E-state index contributed by atoms with van der Waals surface area (Å²) in [6.07, 6.45) is 0. The van der Waals surface area contributed by atoms with E-state index < -0.39 is 5.97 Å². The van der Waals surface area contributed by atoms with Crippen molar-refractivity contribution >= 4 is 39.3 Å². The lowest BCUT2D eigenvalue weighted by atomic mass is 10.2. The zero-order chi connectivity index (χ0) is 10.7. The number of hydrogen-bond acceptors (Lipinski definition) is 4. The number of nitrogens with two attached hydrogens (primary N) is 1. The van der Waals surface area contributed by atoms with Gasteiger partial charge in [-0.3, -0.25) is 0 Å². The van der Waals surface area contributed by atoms with Crippen molar-refractivity contribution < 1.29 is 9.53 Å². The maximum atomic E-state index is 11.3. The monoisotopic (exact) mass is 278 g/mol. The van der Waals surface area contributed by atoms with Gasteiger partial charge in [-0.15, -0.1) is 0 Å². The van der Waals surface area contributed by atoms with Gasteiger partial charge < -0.3 is 10.5 Å². The van der Waals surface area contributed by atoms with Gasteiger partial charge in [0.2, 0.25) is 0 Å². The van der Waals surface area contributed by atoms with Crippen LogP contribution in [-0.2, 0) is 4.74 Å². The molecule has 0 spiro atoms. The average Bonchev–Trinajstić information content (AvgIpc) is 2.11. The minimum absolute atomic E-state index is 0.0663. The van der Waals surface area contributed by atoms with Gasteiger partial charge in [0.05, 0.1) is 11.1 Å². The molecule has 6 heteroatoms. The molecule has 0 aliphatic heterocycles. The summed E-state index contributed by atoms with van der Waals surface area (Å²) in [6, 6.07) is 1.49. The van der Waals surface area contributed by atoms with Crippen molar-refractivity contribution in [3.8, 4) is 0 Å². The quantitative estimate of drug-likeness (QED) is 0.666. The second-order valence-corrected chi connectivity index (χ2v) is 3.63. The number of anilines is 1. The molecule has 0 amide bonds. The van der Waals surface area contributed by atoms with Crippen molar-refractivity contribution in [3.63, 3.8) is 0 Å². The molecule has 4 nitrogen and oxygen atoms in total. The van der Waals surface area contributed by atoms with Crippen LogP contribution >= 0.6 is 27.5 Å². The van der Waals surface area contributed by atoms with Gasteiger partial charge in [-0.05, 0) is 28.9 Å². The lowest BCUT2D eigenvalue weighted by Crippen LogP contribution is -2.09. The molecule has 76 valence electrons. The van der Waals surface area contributed by atoms with Crippen LogP contribution in [0.3, 0.4) is 0 Å². The topological polar surface area (TPSA) is 65.2 Å². The Morgan fingerprint density at radius 1 is 1.79 bits per heavy atom. The summed E-state index contributed by atoms with van der Waals surface area (Å²) in [6.45, 7) is 2.00. The molecule has 0 aromatic carbocycles. The molecular weight excluding hydrogens is 271 g/mol. The van der Waals surface area contributed by atoms with Crippen LogP contribution in [0.15, 0.2) is 10.5 Å². The molecule has 1 rings (SSSR count). The predicted octanol–water partition coefficient (Wildman–Crippen LogP) is 2.26. The molecule has 0 saturated carbocycles. The van der Waals surface area contributed by atoms with Crippen LogP contribution in [0.2, 0.25) is 5.15 Å². The van der Waals surface area contributed by atoms with E-state index in [2.05, 4.69) is 20.9 Å². The highest BCUT2D eigenvalue weighted by molar-refractivity contribution is 9.10. The lowest BCUT2D eigenvalue weighted by Gasteiger charge is -2.05. The maximum Gasteiger partial charge on any atom is 0.341 e. The van der Waals surface area contributed by atoms with Crippen LogP contribution < -0.4 is 5.73 Å². The smallest absolute Gasteiger partial charge is 0.341 e. The van der Waals surface area contributed by atoms with Gasteiger partial charge >= 0.3 is 5.97 Å². The SMILES string of the molecule is CCOC(=O)c1cc(Br)c(Cl)nc1N. The Bertz CT molecular complexity index is 371. The number of ether oxygens (including phenoxy) is 1. The van der Waals surface area contributed by atoms with Gasteiger partial charge in [-0.1, -0.05) is 11.6 Å². The molecule has 0 bridgehead atoms. The van der Waals surface area contributed by atoms with Gasteiger partial charge in [-0.2, -0.15) is 0 Å². The Labute approximate surface area is 94.5 Å². The number of hydrogen-bond donors (Lipinski definition) is 1. The first-order chi connectivity index (χ1) is 6.56. The fraction of sp³-hybridized carbons (Fsp3) is 0.250. The van der Waals surface area contributed by atoms with Gasteiger partial charge in [0.25, 0.3) is 0 Å². The fourth-order valence-corrected chi connectivity index (χ4v) is 1.32. The van der Waals surface area contributed by atoms with Gasteiger partial charge in [0.1, 0.15) is 16.5 Å². The third-order valence-corrected chi connectivity index (χ3v) is 2.58. The minimum Gasteiger partial charge on any atom is -0.462 e. The molecule has 0 aliphatic rings. The van der Waals surface area contributed by atoms with Crippen molar-refractivity contribution in [3.05, 3.63) is 21.3 Å². The molecule has 14 heavy (non-hydrogen) atoms. The second kappa shape index (κ2) is 4.61. The van der Waals surface area contributed by atoms with Crippen molar-refractivity contribution in [2.45, 2.75) is 6.92 Å². The van der Waals surface area contributed by atoms with Crippen molar-refractivity contribution in [2.75, 3.05) is 12.3 Å². The number of nitrogens with zero attached hydrogens (tertiary/aromatic N) is 1. The number of pyridine rings is 1. The normalized spacial score (nSPS) is 9.93. The van der Waals surface area contributed by atoms with Crippen LogP contribution in [0.1, 0.15) is 17.3 Å². The maximum absolute atomic E-state index is 11.3. The highest BCUT2D eigenvalue weighted by atomic mass is 79.9. The van der Waals surface area contributed by atoms with E-state index >= 15 is 0 Å². The zero-order valence-corrected chi connectivity index (χ0v) is 9.72. The molecular formula is C8H8BrClN2O2. The fourth-order valence-electron chi connectivity index (χ4n) is 0.852. The lowest BCUT2D eigenvalue weighted by molar-refractivity contribution is 0.0527. The third-order valence-electron chi connectivity index (χ3n) is 1.46. The summed E-state index contributed by atoms with van der Waals surface area (Å²) >= 11 is 8.82. The molecule has 1 aromatic rings. The van der Waals surface area contributed by atoms with Crippen LogP contribution in [0, 0.1) is 0 Å². The molecule has 0 saturated heterocycles. The van der Waals surface area contributed by atoms with E-state index in [0.29, 0.717) is 11.1 Å². The number of carbonyl (C=O) groups is 1. The Hall–Kier alpha value is -0.810. The molecule has 0 aliphatic carbocycles. The van der Waals surface area contributed by atoms with E-state index in [9.17, 15) is 4.79 Å². The van der Waals surface area contributed by atoms with E-state index in [4.69, 9.17) is 22.1 Å². The number of nitrogen functional groups attached to an aromatic ring is 1. The van der Waals surface area contributed by atoms with Gasteiger partial charge in [0, 0.05) is 0 Å². The predicted molar refractivity (Wildman–Crippen MR) is 57.3 cm³/mol. The number of halogens is 2. The molecule has 0 atom stereocenters. The summed E-state index contributed by atoms with van der Waals surface area (Å²) in [4.78, 5) is 15.1.